The Morgan fingerprint density at radius 2 is 0.553 bits per heavy atom. The van der Waals surface area contributed by atoms with E-state index in [2.05, 4.69) is 13.8 Å². The molecule has 0 aliphatic heterocycles. The van der Waals surface area contributed by atoms with E-state index in [1.807, 2.05) is 0 Å². The summed E-state index contributed by atoms with van der Waals surface area (Å²) in [5.41, 5.74) is 0. The van der Waals surface area contributed by atoms with Gasteiger partial charge in [-0.05, 0) is 12.8 Å². The molecule has 13 nitrogen and oxygen atoms in total. The summed E-state index contributed by atoms with van der Waals surface area (Å²) in [6.45, 7) is 16.2. The van der Waals surface area contributed by atoms with Crippen LogP contribution in [0, 0.1) is 0 Å². The number of unbranched alkanes of at least 4 members (excludes halogenated alkanes) is 5. The van der Waals surface area contributed by atoms with E-state index in [9.17, 15) is 4.79 Å². The maximum absolute atomic E-state index is 11.5. The second kappa shape index (κ2) is 43.1. The minimum Gasteiger partial charge on any atom is -0.463 e. The number of hydrogen-bond acceptors (Lipinski definition) is 13. The van der Waals surface area contributed by atoms with Crippen LogP contribution in [0.2, 0.25) is 0 Å². The molecule has 0 aliphatic rings. The van der Waals surface area contributed by atoms with Gasteiger partial charge in [-0.1, -0.05) is 46.0 Å². The summed E-state index contributed by atoms with van der Waals surface area (Å²) in [6, 6.07) is 0. The molecular formula is C34H68O13. The zero-order valence-corrected chi connectivity index (χ0v) is 29.7. The molecule has 0 spiro atoms. The van der Waals surface area contributed by atoms with Crippen LogP contribution >= 0.6 is 0 Å². The van der Waals surface area contributed by atoms with Crippen molar-refractivity contribution in [2.24, 2.45) is 0 Å². The molecule has 0 amide bonds. The molecule has 0 aromatic heterocycles. The van der Waals surface area contributed by atoms with Gasteiger partial charge in [0.2, 0.25) is 0 Å². The Bertz CT molecular complexity index is 586. The summed E-state index contributed by atoms with van der Waals surface area (Å²) < 4.78 is 65.3. The largest absolute Gasteiger partial charge is 0.463 e. The Morgan fingerprint density at radius 3 is 0.851 bits per heavy atom. The quantitative estimate of drug-likeness (QED) is 0.0683. The van der Waals surface area contributed by atoms with Crippen molar-refractivity contribution in [1.29, 1.82) is 0 Å². The topological polar surface area (TPSA) is 128 Å². The molecule has 0 rings (SSSR count). The Balaban J connectivity index is 3.07. The third-order valence-electron chi connectivity index (χ3n) is 6.34. The normalized spacial score (nSPS) is 11.4. The van der Waals surface area contributed by atoms with Gasteiger partial charge >= 0.3 is 5.97 Å². The van der Waals surface area contributed by atoms with E-state index < -0.39 is 0 Å². The van der Waals surface area contributed by atoms with Crippen LogP contribution in [0.25, 0.3) is 0 Å². The molecule has 0 radical (unpaired) electrons. The number of ether oxygens (including phenoxy) is 12. The minimum atomic E-state index is -0.151. The number of rotatable bonds is 42. The van der Waals surface area contributed by atoms with Gasteiger partial charge in [-0.2, -0.15) is 0 Å². The highest BCUT2D eigenvalue weighted by Crippen LogP contribution is 2.03. The molecule has 13 heteroatoms. The molecule has 282 valence electrons. The monoisotopic (exact) mass is 684 g/mol. The predicted molar refractivity (Wildman–Crippen MR) is 178 cm³/mol. The average Bonchev–Trinajstić information content (AvgIpc) is 3.08. The van der Waals surface area contributed by atoms with Crippen LogP contribution in [0.15, 0.2) is 0 Å². The second-order valence-electron chi connectivity index (χ2n) is 10.5. The number of carbonyl (C=O) groups is 1. The lowest BCUT2D eigenvalue weighted by molar-refractivity contribution is -0.145. The first-order chi connectivity index (χ1) is 23.3. The van der Waals surface area contributed by atoms with E-state index in [0.717, 1.165) is 38.7 Å². The van der Waals surface area contributed by atoms with Gasteiger partial charge < -0.3 is 56.8 Å². The van der Waals surface area contributed by atoms with Crippen LogP contribution in [-0.4, -0.2) is 158 Å². The van der Waals surface area contributed by atoms with Gasteiger partial charge in [0.25, 0.3) is 0 Å². The fourth-order valence-corrected chi connectivity index (χ4v) is 3.74. The molecule has 47 heavy (non-hydrogen) atoms. The van der Waals surface area contributed by atoms with Gasteiger partial charge in [0.05, 0.1) is 139 Å². The van der Waals surface area contributed by atoms with E-state index in [0.29, 0.717) is 145 Å². The van der Waals surface area contributed by atoms with Gasteiger partial charge in [0.15, 0.2) is 0 Å². The summed E-state index contributed by atoms with van der Waals surface area (Å²) in [7, 11) is 0. The Hall–Kier alpha value is -0.970. The van der Waals surface area contributed by atoms with Crippen LogP contribution in [0.3, 0.4) is 0 Å². The minimum absolute atomic E-state index is 0.151. The molecule has 0 aromatic carbocycles. The zero-order chi connectivity index (χ0) is 34.0. The van der Waals surface area contributed by atoms with E-state index in [1.165, 1.54) is 12.8 Å². The lowest BCUT2D eigenvalue weighted by Crippen LogP contribution is -2.15. The average molecular weight is 685 g/mol. The first-order valence-electron chi connectivity index (χ1n) is 17.8. The second-order valence-corrected chi connectivity index (χ2v) is 10.5. The molecule has 0 saturated heterocycles. The first-order valence-corrected chi connectivity index (χ1v) is 17.8. The fourth-order valence-electron chi connectivity index (χ4n) is 3.74. The molecular weight excluding hydrogens is 616 g/mol. The summed E-state index contributed by atoms with van der Waals surface area (Å²) in [6.07, 6.45) is 8.30. The van der Waals surface area contributed by atoms with Crippen molar-refractivity contribution in [3.05, 3.63) is 0 Å². The van der Waals surface area contributed by atoms with Gasteiger partial charge in [0, 0.05) is 13.0 Å². The van der Waals surface area contributed by atoms with E-state index in [-0.39, 0.29) is 12.6 Å². The molecule has 0 unspecified atom stereocenters. The summed E-state index contributed by atoms with van der Waals surface area (Å²) in [4.78, 5) is 11.5. The molecule has 0 heterocycles. The summed E-state index contributed by atoms with van der Waals surface area (Å²) >= 11 is 0. The lowest BCUT2D eigenvalue weighted by atomic mass is 10.2. The summed E-state index contributed by atoms with van der Waals surface area (Å²) in [5.74, 6) is -0.151. The molecule has 0 aromatic rings. The highest BCUT2D eigenvalue weighted by molar-refractivity contribution is 5.69. The van der Waals surface area contributed by atoms with E-state index >= 15 is 0 Å². The molecule has 0 aliphatic carbocycles. The highest BCUT2D eigenvalue weighted by atomic mass is 16.6. The van der Waals surface area contributed by atoms with Gasteiger partial charge in [-0.3, -0.25) is 4.79 Å². The van der Waals surface area contributed by atoms with Crippen molar-refractivity contribution >= 4 is 5.97 Å². The van der Waals surface area contributed by atoms with E-state index in [1.54, 1.807) is 0 Å². The number of carbonyl (C=O) groups excluding carboxylic acids is 1. The maximum Gasteiger partial charge on any atom is 0.305 e. The van der Waals surface area contributed by atoms with E-state index in [4.69, 9.17) is 56.8 Å². The molecule has 0 atom stereocenters. The molecule has 0 bridgehead atoms. The third kappa shape index (κ3) is 43.0. The molecule has 0 N–H and O–H groups in total. The van der Waals surface area contributed by atoms with Crippen LogP contribution in [0.4, 0.5) is 0 Å². The van der Waals surface area contributed by atoms with Crippen LogP contribution in [0.5, 0.6) is 0 Å². The Labute approximate surface area is 284 Å². The van der Waals surface area contributed by atoms with Crippen molar-refractivity contribution in [2.75, 3.05) is 152 Å². The smallest absolute Gasteiger partial charge is 0.305 e. The van der Waals surface area contributed by atoms with Crippen molar-refractivity contribution in [1.82, 2.24) is 0 Å². The van der Waals surface area contributed by atoms with Crippen LogP contribution in [-0.2, 0) is 61.6 Å². The van der Waals surface area contributed by atoms with Gasteiger partial charge in [-0.25, -0.2) is 0 Å². The van der Waals surface area contributed by atoms with Crippen LogP contribution < -0.4 is 0 Å². The molecule has 0 fully saturated rings. The SMILES string of the molecule is CCCCCCC(=O)OCCOCCOCCOCCOCCOCCOCCOCCOCCOCCOCCOCCCCC. The van der Waals surface area contributed by atoms with Gasteiger partial charge in [-0.15, -0.1) is 0 Å². The summed E-state index contributed by atoms with van der Waals surface area (Å²) in [5, 5.41) is 0. The lowest BCUT2D eigenvalue weighted by Gasteiger charge is -2.09. The van der Waals surface area contributed by atoms with Gasteiger partial charge in [0.1, 0.15) is 6.61 Å². The third-order valence-corrected chi connectivity index (χ3v) is 6.34. The highest BCUT2D eigenvalue weighted by Gasteiger charge is 2.02. The zero-order valence-electron chi connectivity index (χ0n) is 29.7. The van der Waals surface area contributed by atoms with Crippen molar-refractivity contribution < 1.29 is 61.6 Å². The number of hydrogen-bond donors (Lipinski definition) is 0. The maximum atomic E-state index is 11.5. The Morgan fingerprint density at radius 1 is 0.298 bits per heavy atom. The van der Waals surface area contributed by atoms with Crippen molar-refractivity contribution in [3.63, 3.8) is 0 Å². The predicted octanol–water partition coefficient (Wildman–Crippen LogP) is 3.87. The van der Waals surface area contributed by atoms with Crippen molar-refractivity contribution in [3.8, 4) is 0 Å². The first kappa shape index (κ1) is 46.0. The Kier molecular flexibility index (Phi) is 42.2. The standard InChI is InChI=1S/C34H68O13/c1-3-5-7-8-10-34(35)47-33-32-46-31-30-45-29-28-44-27-26-43-25-24-42-23-22-41-21-20-40-19-18-39-17-16-38-15-14-37-13-12-36-11-9-6-4-2/h3-33H2,1-2H3. The fraction of sp³-hybridized carbons (Fsp3) is 0.971. The number of esters is 1. The van der Waals surface area contributed by atoms with Crippen LogP contribution in [0.1, 0.15) is 65.2 Å². The molecule has 0 saturated carbocycles. The van der Waals surface area contributed by atoms with Crippen molar-refractivity contribution in [2.45, 2.75) is 65.2 Å².